The second-order valence-corrected chi connectivity index (χ2v) is 7.26. The van der Waals surface area contributed by atoms with E-state index in [0.717, 1.165) is 5.56 Å². The number of fused-ring (bicyclic) bond motifs is 1. The van der Waals surface area contributed by atoms with Gasteiger partial charge < -0.3 is 10.4 Å². The van der Waals surface area contributed by atoms with E-state index in [1.54, 1.807) is 60.7 Å². The van der Waals surface area contributed by atoms with Crippen molar-refractivity contribution >= 4 is 23.4 Å². The predicted octanol–water partition coefficient (Wildman–Crippen LogP) is 3.49. The second kappa shape index (κ2) is 9.31. The van der Waals surface area contributed by atoms with Gasteiger partial charge in [0.05, 0.1) is 12.1 Å². The van der Waals surface area contributed by atoms with Gasteiger partial charge in [-0.2, -0.15) is 5.12 Å². The third-order valence-corrected chi connectivity index (χ3v) is 4.98. The number of imidazole rings is 1. The van der Waals surface area contributed by atoms with Crippen LogP contribution in [0.5, 0.6) is 0 Å². The van der Waals surface area contributed by atoms with E-state index in [1.807, 2.05) is 0 Å². The van der Waals surface area contributed by atoms with Crippen molar-refractivity contribution in [1.29, 1.82) is 0 Å². The van der Waals surface area contributed by atoms with E-state index in [2.05, 4.69) is 10.3 Å². The first-order valence-electron chi connectivity index (χ1n) is 10.0. The van der Waals surface area contributed by atoms with Crippen LogP contribution in [-0.2, 0) is 13.1 Å². The van der Waals surface area contributed by atoms with Crippen LogP contribution in [0.4, 0.5) is 4.48 Å². The Hall–Kier alpha value is -4.53. The topological polar surface area (TPSA) is 104 Å². The highest BCUT2D eigenvalue weighted by Crippen LogP contribution is 2.14. The SMILES string of the molecule is O=C(O)c1ccc(CNC(=O)c2cccc3nc(C(=O)N(F)Cc4ccccc4)cn23)cc1. The summed E-state index contributed by atoms with van der Waals surface area (Å²) in [5.41, 5.74) is 1.92. The van der Waals surface area contributed by atoms with E-state index in [4.69, 9.17) is 5.11 Å². The Morgan fingerprint density at radius 3 is 2.36 bits per heavy atom. The molecule has 9 heteroatoms. The zero-order valence-corrected chi connectivity index (χ0v) is 17.3. The van der Waals surface area contributed by atoms with E-state index < -0.39 is 17.8 Å². The molecule has 0 aliphatic carbocycles. The fourth-order valence-corrected chi connectivity index (χ4v) is 3.28. The molecule has 0 saturated heterocycles. The van der Waals surface area contributed by atoms with Crippen LogP contribution in [0.25, 0.3) is 5.65 Å². The number of pyridine rings is 1. The summed E-state index contributed by atoms with van der Waals surface area (Å²) in [5, 5.41) is 11.8. The van der Waals surface area contributed by atoms with E-state index in [1.165, 1.54) is 22.7 Å². The third kappa shape index (κ3) is 4.87. The number of aromatic nitrogens is 2. The molecular formula is C24H19FN4O4. The van der Waals surface area contributed by atoms with Gasteiger partial charge in [-0.1, -0.05) is 53.0 Å². The maximum atomic E-state index is 14.5. The first kappa shape index (κ1) is 21.7. The molecule has 0 bridgehead atoms. The number of nitrogens with zero attached hydrogens (tertiary/aromatic N) is 3. The lowest BCUT2D eigenvalue weighted by Gasteiger charge is -2.10. The summed E-state index contributed by atoms with van der Waals surface area (Å²) in [7, 11) is 0. The standard InChI is InChI=1S/C24H19FN4O4/c25-29(14-17-5-2-1-3-6-17)23(31)19-15-28-20(7-4-8-21(28)27-19)22(30)26-13-16-9-11-18(12-10-16)24(32)33/h1-12,15H,13-14H2,(H,26,30)(H,32,33). The Balaban J connectivity index is 1.49. The maximum Gasteiger partial charge on any atom is 0.335 e. The van der Waals surface area contributed by atoms with Crippen LogP contribution >= 0.6 is 0 Å². The lowest BCUT2D eigenvalue weighted by molar-refractivity contribution is 0.0143. The molecule has 2 N–H and O–H groups in total. The van der Waals surface area contributed by atoms with Crippen LogP contribution in [-0.4, -0.2) is 37.4 Å². The largest absolute Gasteiger partial charge is 0.478 e. The van der Waals surface area contributed by atoms with Gasteiger partial charge in [0.15, 0.2) is 0 Å². The summed E-state index contributed by atoms with van der Waals surface area (Å²) >= 11 is 0. The summed E-state index contributed by atoms with van der Waals surface area (Å²) in [6, 6.07) is 19.6. The molecule has 8 nitrogen and oxygen atoms in total. The highest BCUT2D eigenvalue weighted by molar-refractivity contribution is 5.95. The molecule has 0 aliphatic heterocycles. The van der Waals surface area contributed by atoms with Crippen molar-refractivity contribution in [3.05, 3.63) is 107 Å². The Morgan fingerprint density at radius 1 is 0.939 bits per heavy atom. The monoisotopic (exact) mass is 446 g/mol. The summed E-state index contributed by atoms with van der Waals surface area (Å²) in [6.45, 7) is -0.0491. The predicted molar refractivity (Wildman–Crippen MR) is 117 cm³/mol. The van der Waals surface area contributed by atoms with Crippen LogP contribution < -0.4 is 5.32 Å². The number of carbonyl (C=O) groups excluding carboxylic acids is 2. The molecule has 2 aromatic heterocycles. The molecule has 2 heterocycles. The number of hydrogen-bond acceptors (Lipinski definition) is 4. The molecule has 0 unspecified atom stereocenters. The zero-order chi connectivity index (χ0) is 23.4. The van der Waals surface area contributed by atoms with Crippen LogP contribution in [0.1, 0.15) is 42.5 Å². The molecule has 33 heavy (non-hydrogen) atoms. The quantitative estimate of drug-likeness (QED) is 0.423. The van der Waals surface area contributed by atoms with Crippen LogP contribution in [0, 0.1) is 0 Å². The Morgan fingerprint density at radius 2 is 1.67 bits per heavy atom. The number of rotatable bonds is 7. The van der Waals surface area contributed by atoms with Gasteiger partial charge >= 0.3 is 11.9 Å². The first-order valence-corrected chi connectivity index (χ1v) is 10.0. The average molecular weight is 446 g/mol. The second-order valence-electron chi connectivity index (χ2n) is 7.26. The molecule has 166 valence electrons. The number of carbonyl (C=O) groups is 3. The van der Waals surface area contributed by atoms with Gasteiger partial charge in [0.1, 0.15) is 17.0 Å². The fourth-order valence-electron chi connectivity index (χ4n) is 3.28. The van der Waals surface area contributed by atoms with Crippen molar-refractivity contribution in [3.8, 4) is 0 Å². The van der Waals surface area contributed by atoms with Gasteiger partial charge in [-0.05, 0) is 35.4 Å². The van der Waals surface area contributed by atoms with Crippen molar-refractivity contribution in [2.24, 2.45) is 0 Å². The number of benzene rings is 2. The van der Waals surface area contributed by atoms with Gasteiger partial charge in [-0.25, -0.2) is 9.78 Å². The number of carboxylic acids is 1. The van der Waals surface area contributed by atoms with Gasteiger partial charge in [-0.3, -0.25) is 14.0 Å². The van der Waals surface area contributed by atoms with Crippen molar-refractivity contribution in [1.82, 2.24) is 19.8 Å². The summed E-state index contributed by atoms with van der Waals surface area (Å²) < 4.78 is 15.9. The number of hydrogen-bond donors (Lipinski definition) is 2. The minimum Gasteiger partial charge on any atom is -0.478 e. The van der Waals surface area contributed by atoms with Crippen LogP contribution in [0.2, 0.25) is 0 Å². The summed E-state index contributed by atoms with van der Waals surface area (Å²) in [5.74, 6) is -2.37. The molecule has 2 aromatic carbocycles. The van der Waals surface area contributed by atoms with Crippen LogP contribution in [0.15, 0.2) is 79.0 Å². The highest BCUT2D eigenvalue weighted by Gasteiger charge is 2.21. The van der Waals surface area contributed by atoms with Gasteiger partial charge in [-0.15, -0.1) is 0 Å². The average Bonchev–Trinajstić information content (AvgIpc) is 3.27. The smallest absolute Gasteiger partial charge is 0.335 e. The Kier molecular flexibility index (Phi) is 6.12. The number of carboxylic acid groups (broad SMARTS) is 1. The fraction of sp³-hybridized carbons (Fsp3) is 0.0833. The first-order chi connectivity index (χ1) is 15.9. The zero-order valence-electron chi connectivity index (χ0n) is 17.3. The number of halogens is 1. The van der Waals surface area contributed by atoms with E-state index in [0.29, 0.717) is 11.2 Å². The molecular weight excluding hydrogens is 427 g/mol. The molecule has 0 atom stereocenters. The van der Waals surface area contributed by atoms with Crippen molar-refractivity contribution in [2.45, 2.75) is 13.1 Å². The molecule has 0 fully saturated rings. The third-order valence-electron chi connectivity index (χ3n) is 4.98. The number of aromatic carboxylic acids is 1. The summed E-state index contributed by atoms with van der Waals surface area (Å²) in [6.07, 6.45) is 1.33. The number of nitrogens with one attached hydrogen (secondary N) is 1. The Labute approximate surface area is 187 Å². The highest BCUT2D eigenvalue weighted by atomic mass is 19.2. The van der Waals surface area contributed by atoms with Crippen molar-refractivity contribution in [2.75, 3.05) is 0 Å². The lowest BCUT2D eigenvalue weighted by Crippen LogP contribution is -2.25. The van der Waals surface area contributed by atoms with Crippen molar-refractivity contribution < 1.29 is 24.0 Å². The van der Waals surface area contributed by atoms with E-state index in [-0.39, 0.29) is 35.2 Å². The molecule has 4 aromatic rings. The van der Waals surface area contributed by atoms with Crippen molar-refractivity contribution in [3.63, 3.8) is 0 Å². The van der Waals surface area contributed by atoms with Gasteiger partial charge in [0, 0.05) is 12.7 Å². The lowest BCUT2D eigenvalue weighted by atomic mass is 10.1. The maximum absolute atomic E-state index is 14.5. The molecule has 0 aliphatic rings. The van der Waals surface area contributed by atoms with E-state index in [9.17, 15) is 18.9 Å². The minimum atomic E-state index is -1.03. The number of amides is 2. The van der Waals surface area contributed by atoms with Gasteiger partial charge in [0.25, 0.3) is 5.91 Å². The van der Waals surface area contributed by atoms with Crippen LogP contribution in [0.3, 0.4) is 0 Å². The molecule has 4 rings (SSSR count). The Bertz CT molecular complexity index is 1320. The minimum absolute atomic E-state index is 0.0810. The van der Waals surface area contributed by atoms with E-state index >= 15 is 0 Å². The normalized spacial score (nSPS) is 10.7. The molecule has 0 spiro atoms. The van der Waals surface area contributed by atoms with Gasteiger partial charge in [0.2, 0.25) is 0 Å². The molecule has 2 amide bonds. The summed E-state index contributed by atoms with van der Waals surface area (Å²) in [4.78, 5) is 40.4. The molecule has 0 radical (unpaired) electrons. The molecule has 0 saturated carbocycles.